The van der Waals surface area contributed by atoms with Gasteiger partial charge in [0.05, 0.1) is 97.9 Å². The van der Waals surface area contributed by atoms with Gasteiger partial charge in [-0.25, -0.2) is 20.5 Å². The van der Waals surface area contributed by atoms with Gasteiger partial charge >= 0.3 is 13.8 Å². The van der Waals surface area contributed by atoms with Crippen molar-refractivity contribution in [3.8, 4) is 123 Å². The van der Waals surface area contributed by atoms with Crippen LogP contribution in [0, 0.1) is 152 Å². The SMILES string of the molecule is C.C#CCCOP(=O)(OC)OCC(CO)(COCC#C)COCC#C.[2H]CC(COCC#C)(COCC#C)COC(C)=O.[2H]CC(COCC#C)(COCC#C)COP(OCCC#C)N(C(C)C)C(C)C.[2H]CC(COCC#C)(COCC#C)COP(OCC[N+]#[C-])N(C(C)C)C(C)C.[3H]OC.[3H]OC.[3H]OC. The van der Waals surface area contributed by atoms with Crippen LogP contribution >= 0.6 is 24.9 Å². The highest BCUT2D eigenvalue weighted by atomic mass is 31.2. The number of terminal acetylenes is 10. The Hall–Kier alpha value is -5.19. The number of phosphoric acid groups is 1. The van der Waals surface area contributed by atoms with Crippen molar-refractivity contribution in [1.29, 1.82) is 4.29 Å². The molecule has 3 unspecified atom stereocenters. The molecule has 4 N–H and O–H groups in total. The summed E-state index contributed by atoms with van der Waals surface area (Å²) in [7, 11) is -1.53. The number of aliphatic hydroxyl groups is 4. The lowest BCUT2D eigenvalue weighted by molar-refractivity contribution is -0.147. The molecule has 0 saturated carbocycles. The van der Waals surface area contributed by atoms with E-state index in [0.717, 1.165) is 0 Å². The van der Waals surface area contributed by atoms with E-state index >= 15 is 0 Å². The molecule has 28 heteroatoms. The quantitative estimate of drug-likeness (QED) is 0.0146. The molecule has 0 bridgehead atoms. The van der Waals surface area contributed by atoms with E-state index in [4.69, 9.17) is 154 Å². The van der Waals surface area contributed by atoms with E-state index in [1.54, 1.807) is 0 Å². The zero-order valence-electron chi connectivity index (χ0n) is 68.0. The first-order valence-corrected chi connectivity index (χ1v) is 34.8. The van der Waals surface area contributed by atoms with E-state index in [1.807, 2.05) is 0 Å². The topological polar surface area (TPSA) is 274 Å². The van der Waals surface area contributed by atoms with Crippen molar-refractivity contribution in [3.63, 3.8) is 0 Å². The Labute approximate surface area is 627 Å². The van der Waals surface area contributed by atoms with Gasteiger partial charge in [-0.2, -0.15) is 0 Å². The van der Waals surface area contributed by atoms with E-state index in [1.165, 1.54) is 35.4 Å². The smallest absolute Gasteiger partial charge is 0.465 e. The largest absolute Gasteiger partial charge is 0.474 e. The maximum Gasteiger partial charge on any atom is 0.474 e. The number of carbonyl (C=O) groups is 1. The zero-order chi connectivity index (χ0) is 83.1. The molecule has 0 radical (unpaired) electrons. The van der Waals surface area contributed by atoms with Gasteiger partial charge in [-0.1, -0.05) is 75.5 Å². The summed E-state index contributed by atoms with van der Waals surface area (Å²) in [6, 6.07) is 0.829. The van der Waals surface area contributed by atoms with Crippen LogP contribution in [0.25, 0.3) is 4.85 Å². The highest BCUT2D eigenvalue weighted by molar-refractivity contribution is 7.48. The van der Waals surface area contributed by atoms with Gasteiger partial charge < -0.3 is 86.0 Å². The molecule has 3 atom stereocenters. The van der Waals surface area contributed by atoms with Gasteiger partial charge in [-0.3, -0.25) is 18.4 Å². The first-order chi connectivity index (χ1) is 51.1. The summed E-state index contributed by atoms with van der Waals surface area (Å²) in [5.41, 5.74) is -3.17. The van der Waals surface area contributed by atoms with Crippen LogP contribution in [0.2, 0.25) is 0 Å². The molecule has 102 heavy (non-hydrogen) atoms. The van der Waals surface area contributed by atoms with Crippen molar-refractivity contribution >= 4 is 30.8 Å². The molecule has 0 fully saturated rings. The summed E-state index contributed by atoms with van der Waals surface area (Å²) in [6.07, 6.45) is 52.7. The number of phosphoric ester groups is 1. The number of rotatable bonds is 52. The molecule has 0 rings (SSSR count). The Kier molecular flexibility index (Phi) is 74.6. The predicted octanol–water partition coefficient (Wildman–Crippen LogP) is 8.68. The minimum absolute atomic E-state index is 0. The third-order valence-corrected chi connectivity index (χ3v) is 16.7. The molecule has 0 aliphatic carbocycles. The molecule has 0 heterocycles. The van der Waals surface area contributed by atoms with E-state index in [9.17, 15) is 14.5 Å². The second-order valence-corrected chi connectivity index (χ2v) is 26.5. The van der Waals surface area contributed by atoms with Crippen LogP contribution in [0.4, 0.5) is 0 Å². The van der Waals surface area contributed by atoms with E-state index < -0.39 is 52.5 Å². The minimum Gasteiger partial charge on any atom is -0.465 e. The third-order valence-electron chi connectivity index (χ3n) is 11.2. The van der Waals surface area contributed by atoms with Gasteiger partial charge in [0.15, 0.2) is 0 Å². The van der Waals surface area contributed by atoms with E-state index in [-0.39, 0.29) is 211 Å². The molecule has 0 aliphatic rings. The van der Waals surface area contributed by atoms with Crippen LogP contribution in [0.1, 0.15) is 107 Å². The summed E-state index contributed by atoms with van der Waals surface area (Å²) in [6.45, 7) is 28.1. The Morgan fingerprint density at radius 1 is 0.500 bits per heavy atom. The predicted molar refractivity (Wildman–Crippen MR) is 406 cm³/mol. The molecule has 0 spiro atoms. The number of nitrogens with zero attached hydrogens (tertiary/aromatic N) is 3. The maximum atomic E-state index is 12.3. The van der Waals surface area contributed by atoms with Crippen molar-refractivity contribution in [2.45, 2.75) is 127 Å². The Bertz CT molecular complexity index is 2500. The van der Waals surface area contributed by atoms with E-state index in [2.05, 4.69) is 144 Å². The van der Waals surface area contributed by atoms with Crippen LogP contribution in [0.3, 0.4) is 0 Å². The number of carbonyl (C=O) groups excluding carboxylic acids is 1. The molecule has 0 aromatic rings. The monoisotopic (exact) mass is 1510 g/mol. The summed E-state index contributed by atoms with van der Waals surface area (Å²) in [5.74, 6) is 23.5. The highest BCUT2D eigenvalue weighted by Crippen LogP contribution is 2.50. The summed E-state index contributed by atoms with van der Waals surface area (Å²) < 4.78 is 145. The van der Waals surface area contributed by atoms with Gasteiger partial charge in [0.1, 0.15) is 66.1 Å². The fourth-order valence-corrected chi connectivity index (χ4v) is 11.6. The second-order valence-electron chi connectivity index (χ2n) is 21.9. The van der Waals surface area contributed by atoms with Crippen molar-refractivity contribution in [2.24, 2.45) is 21.7 Å². The number of aliphatic hydroxyl groups excluding tert-OH is 4. The zero-order valence-corrected chi connectivity index (χ0v) is 64.7. The first-order valence-electron chi connectivity index (χ1n) is 34.5. The van der Waals surface area contributed by atoms with Crippen LogP contribution in [-0.4, -0.2) is 258 Å². The summed E-state index contributed by atoms with van der Waals surface area (Å²) in [5, 5.41) is 20.2. The fraction of sp³-hybridized carbons (Fsp3) is 0.703. The number of hydrogen-bond donors (Lipinski definition) is 4. The van der Waals surface area contributed by atoms with E-state index in [0.29, 0.717) is 19.6 Å². The van der Waals surface area contributed by atoms with Gasteiger partial charge in [0.25, 0.3) is 17.1 Å². The Morgan fingerprint density at radius 3 is 1.05 bits per heavy atom. The Morgan fingerprint density at radius 2 is 0.794 bits per heavy atom. The van der Waals surface area contributed by atoms with Crippen molar-refractivity contribution in [3.05, 3.63) is 11.4 Å². The maximum absolute atomic E-state index is 12.3. The molecule has 0 aromatic heterocycles. The second kappa shape index (κ2) is 76.9. The van der Waals surface area contributed by atoms with Crippen LogP contribution in [0.5, 0.6) is 0 Å². The number of ether oxygens (including phenoxy) is 9. The third kappa shape index (κ3) is 64.4. The lowest BCUT2D eigenvalue weighted by atomic mass is 9.92. The van der Waals surface area contributed by atoms with Gasteiger partial charge in [-0.05, 0) is 55.4 Å². The van der Waals surface area contributed by atoms with Gasteiger partial charge in [-0.15, -0.1) is 76.1 Å². The molecule has 0 aliphatic heterocycles. The van der Waals surface area contributed by atoms with Gasteiger partial charge in [0.2, 0.25) is 10.8 Å². The molecular weight excluding hydrogens is 1380 g/mol. The molecular formula is C74H124N3O22P3. The average Bonchev–Trinajstić information content (AvgIpc) is 0.862. The minimum atomic E-state index is -3.82. The fourth-order valence-electron chi connectivity index (χ4n) is 7.10. The van der Waals surface area contributed by atoms with Crippen molar-refractivity contribution in [2.75, 3.05) is 194 Å². The van der Waals surface area contributed by atoms with Crippen molar-refractivity contribution in [1.82, 2.24) is 9.34 Å². The molecule has 25 nitrogen and oxygen atoms in total. The molecule has 0 saturated heterocycles. The van der Waals surface area contributed by atoms with Gasteiger partial charge in [0, 0.05) is 92.7 Å². The first kappa shape index (κ1) is 98.9. The average molecular weight is 1510 g/mol. The van der Waals surface area contributed by atoms with Crippen LogP contribution < -0.4 is 0 Å². The van der Waals surface area contributed by atoms with Crippen molar-refractivity contribution < 1.29 is 108 Å². The van der Waals surface area contributed by atoms with Crippen LogP contribution in [-0.2, 0) is 83.7 Å². The Balaban J connectivity index is -0.000000199. The molecule has 0 aromatic carbocycles. The van der Waals surface area contributed by atoms with Crippen LogP contribution in [0.15, 0.2) is 0 Å². The lowest BCUT2D eigenvalue weighted by Crippen LogP contribution is -2.40. The highest BCUT2D eigenvalue weighted by Gasteiger charge is 2.38. The normalized spacial score (nSPS) is 12.6. The number of hydrogen-bond acceptors (Lipinski definition) is 24. The summed E-state index contributed by atoms with van der Waals surface area (Å²) in [4.78, 5) is 14.2. The molecule has 0 amide bonds. The molecule has 582 valence electrons. The lowest BCUT2D eigenvalue weighted by Gasteiger charge is -2.37. The number of esters is 1. The summed E-state index contributed by atoms with van der Waals surface area (Å²) >= 11 is 0. The standard InChI is InChI=1S/C21H34NO4P.C20H33N2O4P.C16H23O7P.C13H18O4.3CH4O.CH4/c1-9-12-15-25-27(22(19(4)5)20(6)7)26-18-21(8,16-23-13-10-2)17-24-14-11-3;1-9-12-23-15-20(7,16-24-13-10-2)17-26-27(25-14-11-21-8)22(18(3)4)19(5)6;1-5-8-11-22-24(18,19-4)23-15-16(12-17,13-20-9-6-2)14-21-10-7-3;1-5-7-15-9-13(4,10-16-8-6-2)11-17-12(3)14;3*1-2;/h1-3,19-20H,12-18H2,4-8H3;1-2,18-19H,11-17H2,3-7H3;1-3,17H,8-15H2,4H3;1-2H,7-11H2,3-4H3;3*2H,1H3;1H4/i8D;7D;;4D;3*2T;.